The molecule has 1 aromatic carbocycles. The summed E-state index contributed by atoms with van der Waals surface area (Å²) in [6.45, 7) is 1.72. The Morgan fingerprint density at radius 1 is 0.938 bits per heavy atom. The van der Waals surface area contributed by atoms with Crippen molar-refractivity contribution >= 4 is 23.3 Å². The van der Waals surface area contributed by atoms with Crippen molar-refractivity contribution in [2.45, 2.75) is 5.92 Å². The Bertz CT molecular complexity index is 1160. The van der Waals surface area contributed by atoms with E-state index >= 15 is 0 Å². The molecule has 4 heterocycles. The number of piperazine rings is 1. The number of nitrogens with zero attached hydrogens (tertiary/aromatic N) is 6. The molecule has 0 radical (unpaired) electrons. The van der Waals surface area contributed by atoms with Crippen LogP contribution in [-0.4, -0.2) is 80.1 Å². The molecule has 0 aliphatic carbocycles. The van der Waals surface area contributed by atoms with Gasteiger partial charge in [-0.1, -0.05) is 23.4 Å². The number of nitrogens with one attached hydrogen (secondary N) is 1. The number of rotatable bonds is 4. The van der Waals surface area contributed by atoms with Gasteiger partial charge in [0.1, 0.15) is 0 Å². The number of pyridine rings is 1. The van der Waals surface area contributed by atoms with Gasteiger partial charge < -0.3 is 15.1 Å². The molecule has 1 N–H and O–H groups in total. The quantitative estimate of drug-likeness (QED) is 0.606. The Balaban J connectivity index is 1.26. The van der Waals surface area contributed by atoms with E-state index in [0.717, 1.165) is 5.69 Å². The molecule has 5 rings (SSSR count). The molecule has 2 amide bonds. The molecule has 1 unspecified atom stereocenters. The van der Waals surface area contributed by atoms with Gasteiger partial charge in [-0.2, -0.15) is 0 Å². The maximum Gasteiger partial charge on any atom is 0.290 e. The predicted molar refractivity (Wildman–Crippen MR) is 114 cm³/mol. The first-order valence-electron chi connectivity index (χ1n) is 10.4. The van der Waals surface area contributed by atoms with E-state index in [0.29, 0.717) is 49.7 Å². The number of benzene rings is 1. The molecule has 2 aromatic heterocycles. The second-order valence-electron chi connectivity index (χ2n) is 7.69. The van der Waals surface area contributed by atoms with Gasteiger partial charge in [-0.05, 0) is 18.2 Å². The molecule has 162 valence electrons. The van der Waals surface area contributed by atoms with Crippen molar-refractivity contribution in [2.75, 3.05) is 38.0 Å². The molecule has 0 saturated carbocycles. The number of carbonyl (C=O) groups excluding carboxylic acids is 3. The van der Waals surface area contributed by atoms with Crippen LogP contribution in [0.5, 0.6) is 0 Å². The van der Waals surface area contributed by atoms with E-state index in [1.165, 1.54) is 4.90 Å². The number of Topliss-reactive ketones (excluding diaryl/α,β-unsaturated/α-hetero) is 1. The van der Waals surface area contributed by atoms with Crippen molar-refractivity contribution in [2.24, 2.45) is 0 Å². The van der Waals surface area contributed by atoms with Crippen LogP contribution in [0.2, 0.25) is 0 Å². The van der Waals surface area contributed by atoms with Gasteiger partial charge in [-0.25, -0.2) is 4.68 Å². The summed E-state index contributed by atoms with van der Waals surface area (Å²) in [5.41, 5.74) is 2.56. The average molecular weight is 431 g/mol. The number of anilines is 1. The second kappa shape index (κ2) is 8.22. The number of aromatic nitrogens is 4. The van der Waals surface area contributed by atoms with E-state index in [4.69, 9.17) is 0 Å². The fourth-order valence-electron chi connectivity index (χ4n) is 4.14. The summed E-state index contributed by atoms with van der Waals surface area (Å²) in [5.74, 6) is -1.76. The van der Waals surface area contributed by atoms with Gasteiger partial charge in [0.15, 0.2) is 0 Å². The van der Waals surface area contributed by atoms with Crippen molar-refractivity contribution in [3.05, 3.63) is 66.2 Å². The summed E-state index contributed by atoms with van der Waals surface area (Å²) < 4.78 is 1.59. The van der Waals surface area contributed by atoms with Crippen LogP contribution in [0, 0.1) is 0 Å². The van der Waals surface area contributed by atoms with Crippen LogP contribution < -0.4 is 5.32 Å². The lowest BCUT2D eigenvalue weighted by Gasteiger charge is -2.34. The van der Waals surface area contributed by atoms with Crippen LogP contribution in [0.4, 0.5) is 5.69 Å². The van der Waals surface area contributed by atoms with Crippen LogP contribution in [0.15, 0.2) is 55.0 Å². The Kier molecular flexibility index (Phi) is 5.10. The summed E-state index contributed by atoms with van der Waals surface area (Å²) in [5, 5.41) is 11.0. The summed E-state index contributed by atoms with van der Waals surface area (Å²) in [4.78, 5) is 46.2. The van der Waals surface area contributed by atoms with E-state index in [-0.39, 0.29) is 5.91 Å². The highest BCUT2D eigenvalue weighted by molar-refractivity contribution is 6.38. The minimum Gasteiger partial charge on any atom is -0.381 e. The lowest BCUT2D eigenvalue weighted by Crippen LogP contribution is -2.52. The lowest BCUT2D eigenvalue weighted by molar-refractivity contribution is -0.146. The van der Waals surface area contributed by atoms with E-state index < -0.39 is 17.6 Å². The Morgan fingerprint density at radius 2 is 1.69 bits per heavy atom. The summed E-state index contributed by atoms with van der Waals surface area (Å²) >= 11 is 0. The highest BCUT2D eigenvalue weighted by Gasteiger charge is 2.38. The van der Waals surface area contributed by atoms with Gasteiger partial charge in [-0.15, -0.1) is 5.10 Å². The highest BCUT2D eigenvalue weighted by atomic mass is 16.2. The smallest absolute Gasteiger partial charge is 0.290 e. The van der Waals surface area contributed by atoms with Crippen molar-refractivity contribution in [1.29, 1.82) is 0 Å². The number of hydrogen-bond donors (Lipinski definition) is 1. The first kappa shape index (κ1) is 19.9. The van der Waals surface area contributed by atoms with Crippen molar-refractivity contribution in [1.82, 2.24) is 29.8 Å². The maximum atomic E-state index is 13.1. The van der Waals surface area contributed by atoms with Gasteiger partial charge >= 0.3 is 0 Å². The molecule has 0 bridgehead atoms. The summed E-state index contributed by atoms with van der Waals surface area (Å²) in [6.07, 6.45) is 4.87. The molecular formula is C22H21N7O3. The predicted octanol–water partition coefficient (Wildman–Crippen LogP) is 0.725. The molecule has 10 heteroatoms. The topological polar surface area (TPSA) is 113 Å². The molecule has 0 spiro atoms. The summed E-state index contributed by atoms with van der Waals surface area (Å²) in [6, 6.07) is 10.8. The molecule has 10 nitrogen and oxygen atoms in total. The van der Waals surface area contributed by atoms with Crippen LogP contribution in [-0.2, 0) is 9.59 Å². The highest BCUT2D eigenvalue weighted by Crippen LogP contribution is 2.35. The third kappa shape index (κ3) is 3.49. The average Bonchev–Trinajstić information content (AvgIpc) is 3.53. The normalized spacial score (nSPS) is 17.6. The molecular weight excluding hydrogens is 410 g/mol. The number of ketones is 1. The number of amides is 2. The SMILES string of the molecule is O=C(C(=O)N1CCN(C(=O)c2ccccc2)CC1)C1CNc2c(-n3ccnn3)ccnc21. The van der Waals surface area contributed by atoms with Gasteiger partial charge in [-0.3, -0.25) is 19.4 Å². The minimum atomic E-state index is -0.662. The first-order valence-corrected chi connectivity index (χ1v) is 10.4. The van der Waals surface area contributed by atoms with Gasteiger partial charge in [0.25, 0.3) is 11.8 Å². The molecule has 2 aliphatic heterocycles. The fraction of sp³-hybridized carbons (Fsp3) is 0.273. The zero-order chi connectivity index (χ0) is 22.1. The largest absolute Gasteiger partial charge is 0.381 e. The van der Waals surface area contributed by atoms with Gasteiger partial charge in [0, 0.05) is 44.5 Å². The second-order valence-corrected chi connectivity index (χ2v) is 7.69. The first-order chi connectivity index (χ1) is 15.6. The van der Waals surface area contributed by atoms with Crippen molar-refractivity contribution in [3.63, 3.8) is 0 Å². The van der Waals surface area contributed by atoms with E-state index in [9.17, 15) is 14.4 Å². The molecule has 3 aromatic rings. The lowest BCUT2D eigenvalue weighted by atomic mass is 10.00. The number of fused-ring (bicyclic) bond motifs is 1. The van der Waals surface area contributed by atoms with Crippen LogP contribution >= 0.6 is 0 Å². The Labute approximate surface area is 183 Å². The molecule has 1 saturated heterocycles. The van der Waals surface area contributed by atoms with Crippen LogP contribution in [0.25, 0.3) is 5.69 Å². The standard InChI is InChI=1S/C22H21N7O3/c30-20(16-14-24-19-17(6-7-23-18(16)19)29-9-8-25-26-29)22(32)28-12-10-27(11-13-28)21(31)15-4-2-1-3-5-15/h1-9,16,24H,10-14H2. The minimum absolute atomic E-state index is 0.0669. The van der Waals surface area contributed by atoms with Crippen LogP contribution in [0.1, 0.15) is 22.0 Å². The third-order valence-electron chi connectivity index (χ3n) is 5.84. The van der Waals surface area contributed by atoms with Crippen molar-refractivity contribution < 1.29 is 14.4 Å². The van der Waals surface area contributed by atoms with Gasteiger partial charge in [0.05, 0.1) is 35.4 Å². The van der Waals surface area contributed by atoms with E-state index in [1.807, 2.05) is 18.2 Å². The number of carbonyl (C=O) groups is 3. The third-order valence-corrected chi connectivity index (χ3v) is 5.84. The van der Waals surface area contributed by atoms with E-state index in [2.05, 4.69) is 20.6 Å². The fourth-order valence-corrected chi connectivity index (χ4v) is 4.14. The molecule has 1 fully saturated rings. The van der Waals surface area contributed by atoms with Crippen LogP contribution in [0.3, 0.4) is 0 Å². The molecule has 32 heavy (non-hydrogen) atoms. The zero-order valence-corrected chi connectivity index (χ0v) is 17.2. The van der Waals surface area contributed by atoms with Gasteiger partial charge in [0.2, 0.25) is 5.78 Å². The van der Waals surface area contributed by atoms with E-state index in [1.54, 1.807) is 46.4 Å². The maximum absolute atomic E-state index is 13.1. The Morgan fingerprint density at radius 3 is 2.41 bits per heavy atom. The summed E-state index contributed by atoms with van der Waals surface area (Å²) in [7, 11) is 0. The molecule has 1 atom stereocenters. The Hall–Kier alpha value is -4.08. The van der Waals surface area contributed by atoms with Crippen molar-refractivity contribution in [3.8, 4) is 5.69 Å². The monoisotopic (exact) mass is 431 g/mol. The molecule has 2 aliphatic rings. The number of hydrogen-bond acceptors (Lipinski definition) is 7. The zero-order valence-electron chi connectivity index (χ0n) is 17.2.